The van der Waals surface area contributed by atoms with E-state index in [0.717, 1.165) is 10.5 Å². The van der Waals surface area contributed by atoms with E-state index in [-0.39, 0.29) is 15.7 Å². The fraction of sp³-hybridized carbons (Fsp3) is 0.167. The van der Waals surface area contributed by atoms with Gasteiger partial charge in [0.05, 0.1) is 12.0 Å². The van der Waals surface area contributed by atoms with Crippen molar-refractivity contribution in [3.05, 3.63) is 39.3 Å². The zero-order valence-corrected chi connectivity index (χ0v) is 10.8. The standard InChI is InChI=1S/C12H9ClO3S/c1-6-3-4-7-8(5-6)17-11(10(7)14)9(13)12(15)16-2/h3-5H,1-2H3. The van der Waals surface area contributed by atoms with Crippen molar-refractivity contribution in [2.45, 2.75) is 11.8 Å². The molecule has 0 saturated heterocycles. The zero-order valence-electron chi connectivity index (χ0n) is 9.24. The Labute approximate surface area is 108 Å². The topological polar surface area (TPSA) is 43.4 Å². The highest BCUT2D eigenvalue weighted by molar-refractivity contribution is 8.04. The molecule has 5 heteroatoms. The van der Waals surface area contributed by atoms with Gasteiger partial charge in [-0.15, -0.1) is 0 Å². The lowest BCUT2D eigenvalue weighted by Crippen LogP contribution is -2.05. The summed E-state index contributed by atoms with van der Waals surface area (Å²) in [7, 11) is 1.23. The number of carbonyl (C=O) groups is 2. The Kier molecular flexibility index (Phi) is 3.26. The molecule has 1 aliphatic rings. The minimum absolute atomic E-state index is 0.156. The fourth-order valence-electron chi connectivity index (χ4n) is 1.51. The number of hydrogen-bond acceptors (Lipinski definition) is 4. The quantitative estimate of drug-likeness (QED) is 0.580. The molecule has 2 rings (SSSR count). The number of ketones is 1. The number of benzene rings is 1. The van der Waals surface area contributed by atoms with Gasteiger partial charge in [0, 0.05) is 10.5 Å². The summed E-state index contributed by atoms with van der Waals surface area (Å²) in [6.45, 7) is 1.94. The average molecular weight is 269 g/mol. The van der Waals surface area contributed by atoms with Crippen LogP contribution in [-0.4, -0.2) is 18.9 Å². The third-order valence-electron chi connectivity index (χ3n) is 2.36. The van der Waals surface area contributed by atoms with Gasteiger partial charge in [0.15, 0.2) is 0 Å². The van der Waals surface area contributed by atoms with E-state index in [0.29, 0.717) is 5.56 Å². The molecule has 1 aliphatic heterocycles. The number of aryl methyl sites for hydroxylation is 1. The number of ether oxygens (including phenoxy) is 1. The summed E-state index contributed by atoms with van der Waals surface area (Å²) in [6.07, 6.45) is 0. The zero-order chi connectivity index (χ0) is 12.6. The predicted octanol–water partition coefficient (Wildman–Crippen LogP) is 2.91. The van der Waals surface area contributed by atoms with Crippen LogP contribution in [0.3, 0.4) is 0 Å². The van der Waals surface area contributed by atoms with Crippen LogP contribution >= 0.6 is 23.4 Å². The van der Waals surface area contributed by atoms with E-state index < -0.39 is 5.97 Å². The number of halogens is 1. The van der Waals surface area contributed by atoms with Crippen molar-refractivity contribution >= 4 is 35.1 Å². The largest absolute Gasteiger partial charge is 0.465 e. The van der Waals surface area contributed by atoms with Crippen molar-refractivity contribution in [3.8, 4) is 0 Å². The highest BCUT2D eigenvalue weighted by Gasteiger charge is 2.30. The lowest BCUT2D eigenvalue weighted by molar-refractivity contribution is -0.135. The Hall–Kier alpha value is -1.26. The van der Waals surface area contributed by atoms with E-state index in [4.69, 9.17) is 11.6 Å². The van der Waals surface area contributed by atoms with E-state index in [9.17, 15) is 9.59 Å². The Morgan fingerprint density at radius 1 is 1.41 bits per heavy atom. The lowest BCUT2D eigenvalue weighted by Gasteiger charge is -1.99. The molecular formula is C12H9ClO3S. The van der Waals surface area contributed by atoms with Crippen LogP contribution in [0.1, 0.15) is 15.9 Å². The first-order valence-corrected chi connectivity index (χ1v) is 6.05. The van der Waals surface area contributed by atoms with Gasteiger partial charge in [-0.05, 0) is 24.6 Å². The third-order valence-corrected chi connectivity index (χ3v) is 3.97. The van der Waals surface area contributed by atoms with Crippen LogP contribution in [0.5, 0.6) is 0 Å². The summed E-state index contributed by atoms with van der Waals surface area (Å²) in [6, 6.07) is 5.49. The van der Waals surface area contributed by atoms with Gasteiger partial charge in [-0.2, -0.15) is 0 Å². The van der Waals surface area contributed by atoms with Crippen LogP contribution in [0.15, 0.2) is 33.0 Å². The van der Waals surface area contributed by atoms with Crippen LogP contribution in [0.4, 0.5) is 0 Å². The molecule has 0 atom stereocenters. The Morgan fingerprint density at radius 2 is 2.12 bits per heavy atom. The highest BCUT2D eigenvalue weighted by Crippen LogP contribution is 2.42. The summed E-state index contributed by atoms with van der Waals surface area (Å²) in [5.41, 5.74) is 1.64. The van der Waals surface area contributed by atoms with E-state index in [1.54, 1.807) is 6.07 Å². The lowest BCUT2D eigenvalue weighted by atomic mass is 10.1. The molecule has 0 fully saturated rings. The molecule has 0 spiro atoms. The van der Waals surface area contributed by atoms with Gasteiger partial charge >= 0.3 is 5.97 Å². The minimum atomic E-state index is -0.688. The van der Waals surface area contributed by atoms with Crippen LogP contribution in [0.25, 0.3) is 0 Å². The second-order valence-corrected chi connectivity index (χ2v) is 5.00. The maximum atomic E-state index is 12.0. The van der Waals surface area contributed by atoms with E-state index in [2.05, 4.69) is 4.74 Å². The first-order chi connectivity index (χ1) is 8.04. The summed E-state index contributed by atoms with van der Waals surface area (Å²) >= 11 is 7.03. The summed E-state index contributed by atoms with van der Waals surface area (Å²) < 4.78 is 4.50. The number of carbonyl (C=O) groups excluding carboxylic acids is 2. The van der Waals surface area contributed by atoms with E-state index in [1.165, 1.54) is 18.9 Å². The minimum Gasteiger partial charge on any atom is -0.465 e. The van der Waals surface area contributed by atoms with Crippen LogP contribution < -0.4 is 0 Å². The Bertz CT molecular complexity index is 549. The van der Waals surface area contributed by atoms with E-state index in [1.807, 2.05) is 19.1 Å². The number of Topliss-reactive ketones (excluding diaryl/α,β-unsaturated/α-hetero) is 1. The van der Waals surface area contributed by atoms with Gasteiger partial charge in [-0.25, -0.2) is 4.79 Å². The second-order valence-electron chi connectivity index (χ2n) is 3.57. The van der Waals surface area contributed by atoms with Crippen molar-refractivity contribution in [1.29, 1.82) is 0 Å². The van der Waals surface area contributed by atoms with Crippen molar-refractivity contribution in [2.75, 3.05) is 7.11 Å². The number of allylic oxidation sites excluding steroid dienone is 1. The average Bonchev–Trinajstić information content (AvgIpc) is 2.64. The summed E-state index contributed by atoms with van der Waals surface area (Å²) in [4.78, 5) is 24.3. The molecule has 0 radical (unpaired) electrons. The smallest absolute Gasteiger partial charge is 0.350 e. The first kappa shape index (κ1) is 12.2. The highest BCUT2D eigenvalue weighted by atomic mass is 35.5. The van der Waals surface area contributed by atoms with Crippen molar-refractivity contribution in [1.82, 2.24) is 0 Å². The summed E-state index contributed by atoms with van der Waals surface area (Å²) in [5, 5.41) is -0.156. The van der Waals surface area contributed by atoms with Gasteiger partial charge < -0.3 is 4.74 Å². The molecule has 0 saturated carbocycles. The van der Waals surface area contributed by atoms with Gasteiger partial charge in [0.1, 0.15) is 5.03 Å². The number of esters is 1. The monoisotopic (exact) mass is 268 g/mol. The fourth-order valence-corrected chi connectivity index (χ4v) is 2.90. The number of methoxy groups -OCH3 is 1. The summed E-state index contributed by atoms with van der Waals surface area (Å²) in [5.74, 6) is -0.910. The number of rotatable bonds is 1. The molecule has 0 amide bonds. The molecule has 17 heavy (non-hydrogen) atoms. The van der Waals surface area contributed by atoms with Gasteiger partial charge in [-0.1, -0.05) is 29.4 Å². The normalized spacial score (nSPS) is 16.8. The molecule has 0 bridgehead atoms. The Balaban J connectivity index is 2.47. The number of hydrogen-bond donors (Lipinski definition) is 0. The number of fused-ring (bicyclic) bond motifs is 1. The van der Waals surface area contributed by atoms with Crippen molar-refractivity contribution < 1.29 is 14.3 Å². The molecule has 0 N–H and O–H groups in total. The molecule has 88 valence electrons. The van der Waals surface area contributed by atoms with Crippen LogP contribution in [-0.2, 0) is 9.53 Å². The molecule has 0 unspecified atom stereocenters. The molecule has 0 aliphatic carbocycles. The first-order valence-electron chi connectivity index (χ1n) is 4.86. The molecule has 1 heterocycles. The van der Waals surface area contributed by atoms with Crippen molar-refractivity contribution in [2.24, 2.45) is 0 Å². The second kappa shape index (κ2) is 4.55. The maximum absolute atomic E-state index is 12.0. The molecule has 1 aromatic rings. The maximum Gasteiger partial charge on any atom is 0.350 e. The van der Waals surface area contributed by atoms with Crippen LogP contribution in [0, 0.1) is 6.92 Å². The van der Waals surface area contributed by atoms with Crippen molar-refractivity contribution in [3.63, 3.8) is 0 Å². The Morgan fingerprint density at radius 3 is 2.76 bits per heavy atom. The molecular weight excluding hydrogens is 260 g/mol. The van der Waals surface area contributed by atoms with Crippen LogP contribution in [0.2, 0.25) is 0 Å². The SMILES string of the molecule is COC(=O)C(Cl)=C1Sc2cc(C)ccc2C1=O. The molecule has 3 nitrogen and oxygen atoms in total. The predicted molar refractivity (Wildman–Crippen MR) is 66.3 cm³/mol. The van der Waals surface area contributed by atoms with E-state index >= 15 is 0 Å². The van der Waals surface area contributed by atoms with Gasteiger partial charge in [0.2, 0.25) is 5.78 Å². The third kappa shape index (κ3) is 2.10. The molecule has 1 aromatic carbocycles. The molecule has 0 aromatic heterocycles. The number of thioether (sulfide) groups is 1. The van der Waals surface area contributed by atoms with Gasteiger partial charge in [0.25, 0.3) is 0 Å². The van der Waals surface area contributed by atoms with Gasteiger partial charge in [-0.3, -0.25) is 4.79 Å².